The van der Waals surface area contributed by atoms with Gasteiger partial charge in [0.05, 0.1) is 0 Å². The molecule has 0 fully saturated rings. The Bertz CT molecular complexity index is 537. The number of Topliss-reactive ketones (excluding diaryl/α,β-unsaturated/α-hetero) is 1. The molecule has 2 rings (SSSR count). The van der Waals surface area contributed by atoms with E-state index in [1.807, 2.05) is 36.4 Å². The van der Waals surface area contributed by atoms with E-state index >= 15 is 0 Å². The molecule has 20 heavy (non-hydrogen) atoms. The van der Waals surface area contributed by atoms with Crippen molar-refractivity contribution in [2.75, 3.05) is 0 Å². The van der Waals surface area contributed by atoms with E-state index in [4.69, 9.17) is 0 Å². The molecule has 0 radical (unpaired) electrons. The van der Waals surface area contributed by atoms with Gasteiger partial charge in [0.2, 0.25) is 0 Å². The standard InChI is InChI=1S/C17H18O3/c18-15(12-11-13-7-3-1-4-8-13)17(20)16(19)14-9-5-2-6-10-14/h1-10,15-16,18-19H,11-12H2/t15-,16?/m1/s1. The largest absolute Gasteiger partial charge is 0.385 e. The maximum absolute atomic E-state index is 12.0. The number of carbonyl (C=O) groups excluding carboxylic acids is 1. The Hall–Kier alpha value is -1.97. The summed E-state index contributed by atoms with van der Waals surface area (Å²) >= 11 is 0. The lowest BCUT2D eigenvalue weighted by Gasteiger charge is -2.15. The van der Waals surface area contributed by atoms with Crippen molar-refractivity contribution >= 4 is 5.78 Å². The molecule has 2 atom stereocenters. The lowest BCUT2D eigenvalue weighted by molar-refractivity contribution is -0.136. The van der Waals surface area contributed by atoms with Crippen molar-refractivity contribution in [1.29, 1.82) is 0 Å². The summed E-state index contributed by atoms with van der Waals surface area (Å²) in [6.07, 6.45) is -1.49. The van der Waals surface area contributed by atoms with Crippen LogP contribution in [-0.2, 0) is 11.2 Å². The van der Waals surface area contributed by atoms with Crippen LogP contribution in [0.4, 0.5) is 0 Å². The fourth-order valence-electron chi connectivity index (χ4n) is 2.07. The van der Waals surface area contributed by atoms with Crippen molar-refractivity contribution in [3.05, 3.63) is 71.8 Å². The van der Waals surface area contributed by atoms with E-state index in [2.05, 4.69) is 0 Å². The van der Waals surface area contributed by atoms with E-state index in [9.17, 15) is 15.0 Å². The molecule has 104 valence electrons. The second-order valence-electron chi connectivity index (χ2n) is 4.76. The van der Waals surface area contributed by atoms with Gasteiger partial charge < -0.3 is 10.2 Å². The zero-order valence-corrected chi connectivity index (χ0v) is 11.1. The zero-order chi connectivity index (χ0) is 14.4. The number of aliphatic hydroxyl groups is 2. The summed E-state index contributed by atoms with van der Waals surface area (Å²) in [5.41, 5.74) is 1.57. The minimum atomic E-state index is -1.26. The van der Waals surface area contributed by atoms with Crippen LogP contribution in [0, 0.1) is 0 Å². The van der Waals surface area contributed by atoms with Crippen molar-refractivity contribution < 1.29 is 15.0 Å². The lowest BCUT2D eigenvalue weighted by Crippen LogP contribution is -2.27. The molecule has 0 saturated heterocycles. The van der Waals surface area contributed by atoms with Gasteiger partial charge in [-0.1, -0.05) is 60.7 Å². The Morgan fingerprint density at radius 1 is 0.900 bits per heavy atom. The molecule has 0 heterocycles. The number of benzene rings is 2. The van der Waals surface area contributed by atoms with Crippen molar-refractivity contribution in [3.63, 3.8) is 0 Å². The van der Waals surface area contributed by atoms with Gasteiger partial charge in [0.15, 0.2) is 5.78 Å². The quantitative estimate of drug-likeness (QED) is 0.846. The van der Waals surface area contributed by atoms with Crippen LogP contribution in [0.5, 0.6) is 0 Å². The topological polar surface area (TPSA) is 57.5 Å². The normalized spacial score (nSPS) is 13.7. The lowest BCUT2D eigenvalue weighted by atomic mass is 9.98. The number of rotatable bonds is 6. The fourth-order valence-corrected chi connectivity index (χ4v) is 2.07. The van der Waals surface area contributed by atoms with Crippen LogP contribution < -0.4 is 0 Å². The van der Waals surface area contributed by atoms with E-state index in [0.29, 0.717) is 18.4 Å². The first-order valence-electron chi connectivity index (χ1n) is 6.67. The van der Waals surface area contributed by atoms with E-state index in [1.54, 1.807) is 24.3 Å². The Morgan fingerprint density at radius 2 is 1.45 bits per heavy atom. The van der Waals surface area contributed by atoms with E-state index in [1.165, 1.54) is 0 Å². The third-order valence-corrected chi connectivity index (χ3v) is 3.26. The van der Waals surface area contributed by atoms with Gasteiger partial charge in [0, 0.05) is 0 Å². The highest BCUT2D eigenvalue weighted by molar-refractivity contribution is 5.87. The van der Waals surface area contributed by atoms with Crippen molar-refractivity contribution in [1.82, 2.24) is 0 Å². The molecule has 0 aliphatic rings. The van der Waals surface area contributed by atoms with E-state index in [0.717, 1.165) is 5.56 Å². The summed E-state index contributed by atoms with van der Waals surface area (Å²) in [6, 6.07) is 18.3. The van der Waals surface area contributed by atoms with Gasteiger partial charge in [-0.05, 0) is 24.0 Å². The van der Waals surface area contributed by atoms with Crippen LogP contribution >= 0.6 is 0 Å². The fraction of sp³-hybridized carbons (Fsp3) is 0.235. The molecule has 0 bridgehead atoms. The molecule has 3 heteroatoms. The van der Waals surface area contributed by atoms with E-state index in [-0.39, 0.29) is 0 Å². The summed E-state index contributed by atoms with van der Waals surface area (Å²) < 4.78 is 0. The Labute approximate surface area is 118 Å². The number of hydrogen-bond donors (Lipinski definition) is 2. The second-order valence-corrected chi connectivity index (χ2v) is 4.76. The molecule has 2 aromatic rings. The van der Waals surface area contributed by atoms with Gasteiger partial charge in [-0.3, -0.25) is 4.79 Å². The van der Waals surface area contributed by atoms with Crippen molar-refractivity contribution in [2.45, 2.75) is 25.0 Å². The number of aryl methyl sites for hydroxylation is 1. The second kappa shape index (κ2) is 6.98. The molecule has 1 unspecified atom stereocenters. The third kappa shape index (κ3) is 3.76. The third-order valence-electron chi connectivity index (χ3n) is 3.26. The highest BCUT2D eigenvalue weighted by atomic mass is 16.3. The van der Waals surface area contributed by atoms with Gasteiger partial charge in [-0.25, -0.2) is 0 Å². The SMILES string of the molecule is O=C(C(O)c1ccccc1)[C@H](O)CCc1ccccc1. The van der Waals surface area contributed by atoms with Gasteiger partial charge in [-0.2, -0.15) is 0 Å². The number of carbonyl (C=O) groups is 1. The molecular formula is C17H18O3. The van der Waals surface area contributed by atoms with E-state index < -0.39 is 18.0 Å². The van der Waals surface area contributed by atoms with Gasteiger partial charge >= 0.3 is 0 Å². The number of aliphatic hydroxyl groups excluding tert-OH is 2. The highest BCUT2D eigenvalue weighted by Gasteiger charge is 2.24. The molecule has 0 spiro atoms. The van der Waals surface area contributed by atoms with Gasteiger partial charge in [-0.15, -0.1) is 0 Å². The molecule has 0 amide bonds. The first-order chi connectivity index (χ1) is 9.68. The minimum Gasteiger partial charge on any atom is -0.385 e. The summed E-state index contributed by atoms with van der Waals surface area (Å²) in [4.78, 5) is 12.0. The Balaban J connectivity index is 1.92. The average Bonchev–Trinajstić information content (AvgIpc) is 2.53. The molecule has 2 aromatic carbocycles. The monoisotopic (exact) mass is 270 g/mol. The molecule has 0 saturated carbocycles. The van der Waals surface area contributed by atoms with Crippen LogP contribution in [0.3, 0.4) is 0 Å². The van der Waals surface area contributed by atoms with Crippen LogP contribution in [0.2, 0.25) is 0 Å². The smallest absolute Gasteiger partial charge is 0.194 e. The summed E-state index contributed by atoms with van der Waals surface area (Å²) in [7, 11) is 0. The molecule has 0 aromatic heterocycles. The van der Waals surface area contributed by atoms with Crippen LogP contribution in [-0.4, -0.2) is 22.1 Å². The zero-order valence-electron chi connectivity index (χ0n) is 11.1. The maximum atomic E-state index is 12.0. The molecule has 2 N–H and O–H groups in total. The van der Waals surface area contributed by atoms with Crippen LogP contribution in [0.15, 0.2) is 60.7 Å². The summed E-state index contributed by atoms with van der Waals surface area (Å²) in [5, 5.41) is 19.8. The average molecular weight is 270 g/mol. The van der Waals surface area contributed by atoms with Gasteiger partial charge in [0.1, 0.15) is 12.2 Å². The van der Waals surface area contributed by atoms with Crippen LogP contribution in [0.1, 0.15) is 23.7 Å². The predicted molar refractivity (Wildman–Crippen MR) is 77.2 cm³/mol. The Kier molecular flexibility index (Phi) is 5.04. The predicted octanol–water partition coefficient (Wildman–Crippen LogP) is 2.28. The molecule has 0 aliphatic heterocycles. The van der Waals surface area contributed by atoms with Crippen LogP contribution in [0.25, 0.3) is 0 Å². The minimum absolute atomic E-state index is 0.312. The molecule has 3 nitrogen and oxygen atoms in total. The Morgan fingerprint density at radius 3 is 2.05 bits per heavy atom. The number of hydrogen-bond acceptors (Lipinski definition) is 3. The van der Waals surface area contributed by atoms with Gasteiger partial charge in [0.25, 0.3) is 0 Å². The van der Waals surface area contributed by atoms with Crippen molar-refractivity contribution in [3.8, 4) is 0 Å². The summed E-state index contributed by atoms with van der Waals surface area (Å²) in [6.45, 7) is 0. The molecule has 0 aliphatic carbocycles. The molecular weight excluding hydrogens is 252 g/mol. The number of ketones is 1. The first-order valence-corrected chi connectivity index (χ1v) is 6.67. The maximum Gasteiger partial charge on any atom is 0.194 e. The highest BCUT2D eigenvalue weighted by Crippen LogP contribution is 2.17. The van der Waals surface area contributed by atoms with Crippen molar-refractivity contribution in [2.24, 2.45) is 0 Å². The summed E-state index contributed by atoms with van der Waals surface area (Å²) in [5.74, 6) is -0.549. The first kappa shape index (κ1) is 14.4.